The molecule has 1 nitrogen and oxygen atoms in total. The zero-order chi connectivity index (χ0) is 8.55. The van der Waals surface area contributed by atoms with Crippen molar-refractivity contribution in [1.29, 1.82) is 0 Å². The number of carbonyl (C=O) groups excluding carboxylic acids is 1. The predicted molar refractivity (Wildman–Crippen MR) is 51.6 cm³/mol. The number of fused-ring (bicyclic) bond motifs is 1. The summed E-state index contributed by atoms with van der Waals surface area (Å²) < 4.78 is 0. The smallest absolute Gasteiger partial charge is 0.186 e. The van der Waals surface area contributed by atoms with Crippen LogP contribution in [-0.2, 0) is 0 Å². The maximum Gasteiger partial charge on any atom is 0.186 e. The van der Waals surface area contributed by atoms with Crippen LogP contribution in [0.25, 0.3) is 0 Å². The summed E-state index contributed by atoms with van der Waals surface area (Å²) in [6.45, 7) is 0. The molecule has 12 heavy (non-hydrogen) atoms. The molecule has 0 amide bonds. The van der Waals surface area contributed by atoms with E-state index in [1.54, 1.807) is 12.1 Å². The highest BCUT2D eigenvalue weighted by molar-refractivity contribution is 7.81. The van der Waals surface area contributed by atoms with E-state index >= 15 is 0 Å². The van der Waals surface area contributed by atoms with Gasteiger partial charge in [0.05, 0.1) is 0 Å². The highest BCUT2D eigenvalue weighted by Gasteiger charge is 2.14. The second-order valence-corrected chi connectivity index (χ2v) is 3.05. The van der Waals surface area contributed by atoms with Gasteiger partial charge in [0.15, 0.2) is 5.78 Å². The molecule has 0 fully saturated rings. The standard InChI is InChI=1S/C10H6OS/c11-9-5-6-10(12)8-4-2-1-3-7(8)9/h1-6H. The first-order valence-electron chi connectivity index (χ1n) is 3.65. The third-order valence-corrected chi connectivity index (χ3v) is 2.20. The van der Waals surface area contributed by atoms with E-state index in [0.717, 1.165) is 10.4 Å². The first-order chi connectivity index (χ1) is 5.79. The van der Waals surface area contributed by atoms with E-state index in [1.807, 2.05) is 18.2 Å². The molecule has 0 aliphatic heterocycles. The summed E-state index contributed by atoms with van der Waals surface area (Å²) in [5.74, 6) is 0.0409. The Morgan fingerprint density at radius 3 is 2.33 bits per heavy atom. The molecule has 2 heteroatoms. The molecule has 0 saturated heterocycles. The van der Waals surface area contributed by atoms with Gasteiger partial charge in [-0.2, -0.15) is 0 Å². The van der Waals surface area contributed by atoms with Crippen LogP contribution in [0.1, 0.15) is 15.9 Å². The average molecular weight is 174 g/mol. The van der Waals surface area contributed by atoms with Crippen molar-refractivity contribution < 1.29 is 4.79 Å². The summed E-state index contributed by atoms with van der Waals surface area (Å²) in [6, 6.07) is 7.41. The number of hydrogen-bond donors (Lipinski definition) is 0. The first-order valence-corrected chi connectivity index (χ1v) is 4.05. The molecule has 1 aromatic carbocycles. The number of allylic oxidation sites excluding steroid dienone is 2. The van der Waals surface area contributed by atoms with Crippen LogP contribution in [0.15, 0.2) is 36.4 Å². The molecule has 0 spiro atoms. The Kier molecular flexibility index (Phi) is 1.62. The quantitative estimate of drug-likeness (QED) is 0.561. The lowest BCUT2D eigenvalue weighted by molar-refractivity contribution is 0.104. The van der Waals surface area contributed by atoms with Gasteiger partial charge in [-0.1, -0.05) is 36.5 Å². The lowest BCUT2D eigenvalue weighted by Crippen LogP contribution is -2.09. The van der Waals surface area contributed by atoms with Crippen LogP contribution >= 0.6 is 12.2 Å². The van der Waals surface area contributed by atoms with Crippen molar-refractivity contribution in [2.45, 2.75) is 0 Å². The van der Waals surface area contributed by atoms with E-state index in [4.69, 9.17) is 12.2 Å². The third kappa shape index (κ3) is 1.01. The van der Waals surface area contributed by atoms with Gasteiger partial charge in [0.2, 0.25) is 0 Å². The molecular formula is C10H6OS. The second kappa shape index (κ2) is 2.64. The fourth-order valence-corrected chi connectivity index (χ4v) is 1.49. The van der Waals surface area contributed by atoms with E-state index < -0.39 is 0 Å². The summed E-state index contributed by atoms with van der Waals surface area (Å²) in [6.07, 6.45) is 3.20. The van der Waals surface area contributed by atoms with Gasteiger partial charge in [-0.05, 0) is 12.2 Å². The van der Waals surface area contributed by atoms with E-state index in [1.165, 1.54) is 6.08 Å². The number of thiocarbonyl (C=S) groups is 1. The highest BCUT2D eigenvalue weighted by Crippen LogP contribution is 2.16. The summed E-state index contributed by atoms with van der Waals surface area (Å²) in [5, 5.41) is 0. The van der Waals surface area contributed by atoms with Crippen molar-refractivity contribution in [2.24, 2.45) is 0 Å². The molecule has 0 aromatic heterocycles. The van der Waals surface area contributed by atoms with Gasteiger partial charge in [-0.25, -0.2) is 0 Å². The molecule has 1 aliphatic rings. The molecule has 0 heterocycles. The van der Waals surface area contributed by atoms with Crippen LogP contribution in [0.4, 0.5) is 0 Å². The van der Waals surface area contributed by atoms with Gasteiger partial charge in [0, 0.05) is 16.0 Å². The molecule has 58 valence electrons. The van der Waals surface area contributed by atoms with Crippen molar-refractivity contribution in [3.8, 4) is 0 Å². The summed E-state index contributed by atoms with van der Waals surface area (Å²) >= 11 is 5.07. The Hall–Kier alpha value is -1.28. The van der Waals surface area contributed by atoms with Gasteiger partial charge < -0.3 is 0 Å². The number of benzene rings is 1. The molecule has 0 saturated carbocycles. The highest BCUT2D eigenvalue weighted by atomic mass is 32.1. The molecule has 0 radical (unpaired) electrons. The van der Waals surface area contributed by atoms with Gasteiger partial charge >= 0.3 is 0 Å². The van der Waals surface area contributed by atoms with Crippen LogP contribution in [-0.4, -0.2) is 10.6 Å². The van der Waals surface area contributed by atoms with Crippen molar-refractivity contribution in [1.82, 2.24) is 0 Å². The van der Waals surface area contributed by atoms with Crippen molar-refractivity contribution in [2.75, 3.05) is 0 Å². The Morgan fingerprint density at radius 2 is 1.67 bits per heavy atom. The molecule has 0 bridgehead atoms. The summed E-state index contributed by atoms with van der Waals surface area (Å²) in [5.41, 5.74) is 1.59. The van der Waals surface area contributed by atoms with Crippen molar-refractivity contribution in [3.05, 3.63) is 47.5 Å². The second-order valence-electron chi connectivity index (χ2n) is 2.61. The van der Waals surface area contributed by atoms with Crippen LogP contribution in [0.2, 0.25) is 0 Å². The van der Waals surface area contributed by atoms with Crippen LogP contribution < -0.4 is 0 Å². The number of rotatable bonds is 0. The zero-order valence-corrected chi connectivity index (χ0v) is 7.10. The Morgan fingerprint density at radius 1 is 1.00 bits per heavy atom. The Labute approximate surface area is 75.7 Å². The molecule has 1 aliphatic carbocycles. The van der Waals surface area contributed by atoms with Crippen LogP contribution in [0.5, 0.6) is 0 Å². The SMILES string of the molecule is O=C1C=CC(=S)c2ccccc21. The van der Waals surface area contributed by atoms with E-state index in [0.29, 0.717) is 5.56 Å². The molecule has 2 rings (SSSR count). The number of hydrogen-bond acceptors (Lipinski definition) is 2. The Bertz CT molecular complexity index is 354. The average Bonchev–Trinajstić information content (AvgIpc) is 2.12. The topological polar surface area (TPSA) is 17.1 Å². The van der Waals surface area contributed by atoms with Gasteiger partial charge in [-0.15, -0.1) is 0 Å². The Balaban J connectivity index is 2.69. The first kappa shape index (κ1) is 7.37. The van der Waals surface area contributed by atoms with E-state index in [2.05, 4.69) is 0 Å². The van der Waals surface area contributed by atoms with Crippen LogP contribution in [0.3, 0.4) is 0 Å². The van der Waals surface area contributed by atoms with E-state index in [-0.39, 0.29) is 5.78 Å². The molecular weight excluding hydrogens is 168 g/mol. The predicted octanol–water partition coefficient (Wildman–Crippen LogP) is 2.16. The lowest BCUT2D eigenvalue weighted by atomic mass is 9.96. The maximum absolute atomic E-state index is 11.3. The summed E-state index contributed by atoms with van der Waals surface area (Å²) in [4.78, 5) is 12.0. The zero-order valence-electron chi connectivity index (χ0n) is 6.28. The van der Waals surface area contributed by atoms with Gasteiger partial charge in [0.25, 0.3) is 0 Å². The largest absolute Gasteiger partial charge is 0.289 e. The monoisotopic (exact) mass is 174 g/mol. The van der Waals surface area contributed by atoms with Crippen LogP contribution in [0, 0.1) is 0 Å². The van der Waals surface area contributed by atoms with Crippen molar-refractivity contribution in [3.63, 3.8) is 0 Å². The fraction of sp³-hybridized carbons (Fsp3) is 0. The molecule has 1 aromatic rings. The van der Waals surface area contributed by atoms with E-state index in [9.17, 15) is 4.79 Å². The molecule has 0 N–H and O–H groups in total. The molecule has 0 atom stereocenters. The minimum Gasteiger partial charge on any atom is -0.289 e. The minimum absolute atomic E-state index is 0.0409. The fourth-order valence-electron chi connectivity index (χ4n) is 1.24. The minimum atomic E-state index is 0.0409. The maximum atomic E-state index is 11.3. The van der Waals surface area contributed by atoms with Gasteiger partial charge in [0.1, 0.15) is 0 Å². The number of ketones is 1. The normalized spacial score (nSPS) is 14.7. The van der Waals surface area contributed by atoms with Gasteiger partial charge in [-0.3, -0.25) is 4.79 Å². The number of carbonyl (C=O) groups is 1. The lowest BCUT2D eigenvalue weighted by Gasteiger charge is -2.08. The molecule has 0 unspecified atom stereocenters. The van der Waals surface area contributed by atoms with Crippen molar-refractivity contribution >= 4 is 22.9 Å². The third-order valence-electron chi connectivity index (χ3n) is 1.84. The summed E-state index contributed by atoms with van der Waals surface area (Å²) in [7, 11) is 0.